The maximum absolute atomic E-state index is 13.5. The second-order valence-corrected chi connectivity index (χ2v) is 10.1. The van der Waals surface area contributed by atoms with Crippen LogP contribution >= 0.6 is 23.2 Å². The Morgan fingerprint density at radius 3 is 2.47 bits per heavy atom. The number of nitrogens with zero attached hydrogens (tertiary/aromatic N) is 4. The van der Waals surface area contributed by atoms with Crippen molar-refractivity contribution in [3.63, 3.8) is 0 Å². The van der Waals surface area contributed by atoms with Gasteiger partial charge in [0.05, 0.1) is 22.7 Å². The zero-order valence-corrected chi connectivity index (χ0v) is 21.7. The van der Waals surface area contributed by atoms with Crippen molar-refractivity contribution in [2.45, 2.75) is 31.8 Å². The van der Waals surface area contributed by atoms with Crippen molar-refractivity contribution in [1.29, 1.82) is 5.26 Å². The van der Waals surface area contributed by atoms with Crippen molar-refractivity contribution >= 4 is 35.2 Å². The van der Waals surface area contributed by atoms with Crippen molar-refractivity contribution in [2.24, 2.45) is 11.8 Å². The minimum Gasteiger partial charge on any atom is -0.474 e. The van der Waals surface area contributed by atoms with Crippen molar-refractivity contribution in [3.8, 4) is 11.9 Å². The summed E-state index contributed by atoms with van der Waals surface area (Å²) in [6, 6.07) is 11.0. The number of nitriles is 1. The maximum Gasteiger partial charge on any atom is 0.409 e. The number of piperidine rings is 1. The number of amides is 2. The lowest BCUT2D eigenvalue weighted by Crippen LogP contribution is -2.44. The molecule has 2 aliphatic heterocycles. The van der Waals surface area contributed by atoms with Crippen LogP contribution in [0, 0.1) is 23.2 Å². The van der Waals surface area contributed by atoms with Crippen molar-refractivity contribution in [2.75, 3.05) is 33.3 Å². The summed E-state index contributed by atoms with van der Waals surface area (Å²) in [4.78, 5) is 33.1. The van der Waals surface area contributed by atoms with E-state index >= 15 is 0 Å². The van der Waals surface area contributed by atoms with E-state index in [-0.39, 0.29) is 35.9 Å². The molecule has 10 heteroatoms. The van der Waals surface area contributed by atoms with E-state index in [0.29, 0.717) is 60.5 Å². The van der Waals surface area contributed by atoms with Gasteiger partial charge in [0.2, 0.25) is 11.8 Å². The molecule has 3 heterocycles. The molecule has 0 aliphatic carbocycles. The average Bonchev–Trinajstić information content (AvgIpc) is 3.35. The molecule has 2 aliphatic rings. The molecule has 36 heavy (non-hydrogen) atoms. The lowest BCUT2D eigenvalue weighted by molar-refractivity contribution is -0.136. The number of carbonyl (C=O) groups is 2. The molecular weight excluding hydrogens is 503 g/mol. The Hall–Kier alpha value is -3.02. The van der Waals surface area contributed by atoms with Gasteiger partial charge in [-0.1, -0.05) is 29.3 Å². The summed E-state index contributed by atoms with van der Waals surface area (Å²) in [5, 5.41) is 9.96. The summed E-state index contributed by atoms with van der Waals surface area (Å²) in [5.41, 5.74) is 1.45. The first-order valence-corrected chi connectivity index (χ1v) is 12.7. The molecule has 0 bridgehead atoms. The van der Waals surface area contributed by atoms with Crippen LogP contribution in [0.3, 0.4) is 0 Å². The lowest BCUT2D eigenvalue weighted by atomic mass is 9.86. The standard InChI is InChI=1S/C26H28Cl2N4O4/c1-16(36-24-6-3-17(12-29)13-30-24)20-14-32(15-21(20)19-4-5-22(27)23(28)11-19)25(33)18-7-9-31(10-8-18)26(34)35-2/h3-6,11,13,16,18,20-21H,7-10,14-15H2,1-2H3. The minimum atomic E-state index is -0.357. The third kappa shape index (κ3) is 5.69. The van der Waals surface area contributed by atoms with Crippen molar-refractivity contribution < 1.29 is 19.1 Å². The fourth-order valence-corrected chi connectivity index (χ4v) is 5.38. The maximum atomic E-state index is 13.5. The zero-order chi connectivity index (χ0) is 25.8. The van der Waals surface area contributed by atoms with E-state index in [9.17, 15) is 9.59 Å². The van der Waals surface area contributed by atoms with E-state index in [2.05, 4.69) is 4.98 Å². The van der Waals surface area contributed by atoms with Crippen molar-refractivity contribution in [3.05, 3.63) is 57.7 Å². The molecule has 4 rings (SSSR count). The van der Waals surface area contributed by atoms with Crippen molar-refractivity contribution in [1.82, 2.24) is 14.8 Å². The highest BCUT2D eigenvalue weighted by atomic mass is 35.5. The van der Waals surface area contributed by atoms with E-state index in [0.717, 1.165) is 5.56 Å². The third-order valence-electron chi connectivity index (χ3n) is 7.10. The zero-order valence-electron chi connectivity index (χ0n) is 20.2. The van der Waals surface area contributed by atoms with Crippen LogP contribution in [0.5, 0.6) is 5.88 Å². The average molecular weight is 531 g/mol. The number of methoxy groups -OCH3 is 1. The number of rotatable bonds is 5. The molecule has 2 saturated heterocycles. The highest BCUT2D eigenvalue weighted by molar-refractivity contribution is 6.42. The number of pyridine rings is 1. The molecular formula is C26H28Cl2N4O4. The summed E-state index contributed by atoms with van der Waals surface area (Å²) in [6.07, 6.45) is 2.07. The molecule has 0 N–H and O–H groups in total. The van der Waals surface area contributed by atoms with Crippen LogP contribution in [-0.4, -0.2) is 66.2 Å². The van der Waals surface area contributed by atoms with Gasteiger partial charge in [0.25, 0.3) is 0 Å². The smallest absolute Gasteiger partial charge is 0.409 e. The van der Waals surface area contributed by atoms with Crippen LogP contribution in [0.4, 0.5) is 4.79 Å². The number of hydrogen-bond donors (Lipinski definition) is 0. The Morgan fingerprint density at radius 2 is 1.86 bits per heavy atom. The fraction of sp³-hybridized carbons (Fsp3) is 0.462. The molecule has 1 aromatic heterocycles. The monoisotopic (exact) mass is 530 g/mol. The number of ether oxygens (including phenoxy) is 2. The van der Waals surface area contributed by atoms with Gasteiger partial charge in [-0.05, 0) is 43.5 Å². The molecule has 3 unspecified atom stereocenters. The first kappa shape index (κ1) is 26.1. The molecule has 0 spiro atoms. The quantitative estimate of drug-likeness (QED) is 0.553. The Kier molecular flexibility index (Phi) is 8.22. The molecule has 2 aromatic rings. The molecule has 2 amide bonds. The summed E-state index contributed by atoms with van der Waals surface area (Å²) < 4.78 is 11.0. The molecule has 0 radical (unpaired) electrons. The molecule has 190 valence electrons. The third-order valence-corrected chi connectivity index (χ3v) is 7.84. The highest BCUT2D eigenvalue weighted by Crippen LogP contribution is 2.39. The minimum absolute atomic E-state index is 0.00717. The van der Waals surface area contributed by atoms with Crippen LogP contribution in [0.25, 0.3) is 0 Å². The van der Waals surface area contributed by atoms with Gasteiger partial charge in [0.15, 0.2) is 0 Å². The van der Waals surface area contributed by atoms with Crippen LogP contribution in [0.15, 0.2) is 36.5 Å². The fourth-order valence-electron chi connectivity index (χ4n) is 5.07. The van der Waals surface area contributed by atoms with Gasteiger partial charge in [-0.25, -0.2) is 9.78 Å². The summed E-state index contributed by atoms with van der Waals surface area (Å²) in [7, 11) is 1.36. The van der Waals surface area contributed by atoms with E-state index in [1.807, 2.05) is 30.0 Å². The first-order chi connectivity index (χ1) is 17.3. The Balaban J connectivity index is 1.51. The van der Waals surface area contributed by atoms with Crippen LogP contribution in [-0.2, 0) is 9.53 Å². The highest BCUT2D eigenvalue weighted by Gasteiger charge is 2.42. The van der Waals surface area contributed by atoms with Gasteiger partial charge in [-0.15, -0.1) is 0 Å². The molecule has 3 atom stereocenters. The molecule has 1 aromatic carbocycles. The predicted octanol–water partition coefficient (Wildman–Crippen LogP) is 4.75. The number of likely N-dealkylation sites (tertiary alicyclic amines) is 2. The van der Waals surface area contributed by atoms with Crippen LogP contribution in [0.1, 0.15) is 36.8 Å². The SMILES string of the molecule is COC(=O)N1CCC(C(=O)N2CC(c3ccc(Cl)c(Cl)c3)C(C(C)Oc3ccc(C#N)cn3)C2)CC1. The van der Waals surface area contributed by atoms with Gasteiger partial charge in [-0.3, -0.25) is 4.79 Å². The number of halogens is 2. The van der Waals surface area contributed by atoms with E-state index in [1.165, 1.54) is 13.3 Å². The predicted molar refractivity (Wildman–Crippen MR) is 135 cm³/mol. The van der Waals surface area contributed by atoms with Gasteiger partial charge in [0.1, 0.15) is 12.2 Å². The Bertz CT molecular complexity index is 1150. The van der Waals surface area contributed by atoms with E-state index in [1.54, 1.807) is 23.1 Å². The normalized spacial score (nSPS) is 21.1. The van der Waals surface area contributed by atoms with E-state index < -0.39 is 0 Å². The van der Waals surface area contributed by atoms with Gasteiger partial charge in [0, 0.05) is 56.2 Å². The number of hydrogen-bond acceptors (Lipinski definition) is 6. The number of aromatic nitrogens is 1. The Labute approximate surface area is 220 Å². The van der Waals surface area contributed by atoms with Crippen LogP contribution < -0.4 is 4.74 Å². The largest absolute Gasteiger partial charge is 0.474 e. The topological polar surface area (TPSA) is 95.8 Å². The van der Waals surface area contributed by atoms with Gasteiger partial charge < -0.3 is 19.3 Å². The van der Waals surface area contributed by atoms with Gasteiger partial charge in [-0.2, -0.15) is 5.26 Å². The second kappa shape index (κ2) is 11.4. The summed E-state index contributed by atoms with van der Waals surface area (Å²) >= 11 is 12.5. The molecule has 0 saturated carbocycles. The molecule has 2 fully saturated rings. The lowest BCUT2D eigenvalue weighted by Gasteiger charge is -2.32. The second-order valence-electron chi connectivity index (χ2n) is 9.24. The summed E-state index contributed by atoms with van der Waals surface area (Å²) in [5.74, 6) is 0.353. The number of benzene rings is 1. The van der Waals surface area contributed by atoms with E-state index in [4.69, 9.17) is 37.9 Å². The summed E-state index contributed by atoms with van der Waals surface area (Å²) in [6.45, 7) is 4.03. The molecule has 8 nitrogen and oxygen atoms in total. The first-order valence-electron chi connectivity index (χ1n) is 11.9. The Morgan fingerprint density at radius 1 is 1.11 bits per heavy atom. The van der Waals surface area contributed by atoms with Crippen LogP contribution in [0.2, 0.25) is 10.0 Å². The number of carbonyl (C=O) groups excluding carboxylic acids is 2. The van der Waals surface area contributed by atoms with Gasteiger partial charge >= 0.3 is 6.09 Å².